The fourth-order valence-corrected chi connectivity index (χ4v) is 5.18. The quantitative estimate of drug-likeness (QED) is 0.832. The molecule has 130 valence electrons. The summed E-state index contributed by atoms with van der Waals surface area (Å²) in [4.78, 5) is 6.84. The largest absolute Gasteiger partial charge is 0.290 e. The molecule has 0 amide bonds. The molecule has 24 heavy (non-hydrogen) atoms. The van der Waals surface area contributed by atoms with Gasteiger partial charge in [-0.25, -0.2) is 18.1 Å². The number of hydrogen-bond acceptors (Lipinski definition) is 6. The maximum Gasteiger partial charge on any atom is 0.214 e. The minimum Gasteiger partial charge on any atom is -0.290 e. The highest BCUT2D eigenvalue weighted by Crippen LogP contribution is 2.28. The summed E-state index contributed by atoms with van der Waals surface area (Å²) in [5.74, 6) is 0. The Balaban J connectivity index is 1.46. The van der Waals surface area contributed by atoms with Crippen molar-refractivity contribution in [1.82, 2.24) is 24.4 Å². The van der Waals surface area contributed by atoms with Crippen LogP contribution in [0, 0.1) is 6.92 Å². The number of aryl methyl sites for hydroxylation is 1. The molecule has 0 aromatic carbocycles. The predicted octanol–water partition coefficient (Wildman–Crippen LogP) is 1.29. The molecule has 7 nitrogen and oxygen atoms in total. The number of aromatic nitrogens is 3. The first kappa shape index (κ1) is 16.2. The molecule has 1 atom stereocenters. The van der Waals surface area contributed by atoms with Gasteiger partial charge in [0.1, 0.15) is 0 Å². The van der Waals surface area contributed by atoms with Crippen molar-refractivity contribution >= 4 is 21.4 Å². The molecule has 2 aromatic heterocycles. The highest BCUT2D eigenvalue weighted by Gasteiger charge is 2.36. The van der Waals surface area contributed by atoms with Gasteiger partial charge in [-0.2, -0.15) is 5.10 Å². The maximum atomic E-state index is 12.1. The Hall–Kier alpha value is -1.29. The molecule has 0 radical (unpaired) electrons. The molecule has 0 bridgehead atoms. The van der Waals surface area contributed by atoms with Gasteiger partial charge in [-0.3, -0.25) is 9.58 Å². The van der Waals surface area contributed by atoms with E-state index in [-0.39, 0.29) is 11.3 Å². The molecule has 1 aliphatic heterocycles. The van der Waals surface area contributed by atoms with E-state index >= 15 is 0 Å². The molecule has 1 fully saturated rings. The highest BCUT2D eigenvalue weighted by molar-refractivity contribution is 7.90. The fraction of sp³-hybridized carbons (Fsp3) is 0.600. The number of thiazole rings is 1. The van der Waals surface area contributed by atoms with Gasteiger partial charge in [0.05, 0.1) is 27.7 Å². The van der Waals surface area contributed by atoms with Crippen LogP contribution in [0.15, 0.2) is 17.6 Å². The molecule has 1 saturated carbocycles. The maximum absolute atomic E-state index is 12.1. The second-order valence-electron chi connectivity index (χ2n) is 6.54. The van der Waals surface area contributed by atoms with Gasteiger partial charge in [0, 0.05) is 37.8 Å². The van der Waals surface area contributed by atoms with Crippen LogP contribution in [0.25, 0.3) is 0 Å². The van der Waals surface area contributed by atoms with Crippen LogP contribution in [0.1, 0.15) is 35.3 Å². The second-order valence-corrected chi connectivity index (χ2v) is 9.65. The van der Waals surface area contributed by atoms with E-state index in [4.69, 9.17) is 0 Å². The van der Waals surface area contributed by atoms with Gasteiger partial charge in [-0.05, 0) is 25.8 Å². The van der Waals surface area contributed by atoms with Crippen LogP contribution in [-0.4, -0.2) is 46.4 Å². The Kier molecular flexibility index (Phi) is 4.19. The Bertz CT molecular complexity index is 825. The lowest BCUT2D eigenvalue weighted by Gasteiger charge is -2.33. The van der Waals surface area contributed by atoms with Crippen molar-refractivity contribution in [2.45, 2.75) is 44.1 Å². The third-order valence-corrected chi connectivity index (χ3v) is 7.23. The van der Waals surface area contributed by atoms with Crippen molar-refractivity contribution in [3.8, 4) is 0 Å². The summed E-state index contributed by atoms with van der Waals surface area (Å²) in [7, 11) is -3.17. The summed E-state index contributed by atoms with van der Waals surface area (Å²) in [6.45, 7) is 4.75. The molecular formula is C15H21N5O2S2. The molecule has 3 heterocycles. The highest BCUT2D eigenvalue weighted by atomic mass is 32.2. The Morgan fingerprint density at radius 1 is 1.42 bits per heavy atom. The lowest BCUT2D eigenvalue weighted by molar-refractivity contribution is 0.166. The average Bonchev–Trinajstić information content (AvgIpc) is 3.18. The topological polar surface area (TPSA) is 80.1 Å². The minimum absolute atomic E-state index is 0.0111. The van der Waals surface area contributed by atoms with Crippen molar-refractivity contribution in [1.29, 1.82) is 0 Å². The van der Waals surface area contributed by atoms with Crippen molar-refractivity contribution < 1.29 is 8.42 Å². The van der Waals surface area contributed by atoms with E-state index in [9.17, 15) is 8.42 Å². The summed E-state index contributed by atoms with van der Waals surface area (Å²) in [5, 5.41) is 7.36. The third kappa shape index (κ3) is 3.39. The number of rotatable bonds is 6. The molecule has 1 unspecified atom stereocenters. The predicted molar refractivity (Wildman–Crippen MR) is 92.2 cm³/mol. The van der Waals surface area contributed by atoms with E-state index in [1.807, 2.05) is 17.7 Å². The van der Waals surface area contributed by atoms with E-state index in [1.54, 1.807) is 17.5 Å². The third-order valence-electron chi connectivity index (χ3n) is 4.49. The zero-order chi connectivity index (χ0) is 16.7. The standard InChI is InChI=1S/C15H21N5O2S2/c1-11-18-12(10-23-11)7-19-8-13-4-5-16-20(13)14(9-19)6-17-24(21,22)15-2-3-15/h4-5,10,14-15,17H,2-3,6-9H2,1H3. The molecule has 9 heteroatoms. The average molecular weight is 368 g/mol. The normalized spacial score (nSPS) is 21.8. The first-order valence-electron chi connectivity index (χ1n) is 8.15. The number of nitrogens with zero attached hydrogens (tertiary/aromatic N) is 4. The van der Waals surface area contributed by atoms with E-state index in [0.29, 0.717) is 6.54 Å². The van der Waals surface area contributed by atoms with Gasteiger partial charge in [-0.1, -0.05) is 0 Å². The van der Waals surface area contributed by atoms with Gasteiger partial charge < -0.3 is 0 Å². The smallest absolute Gasteiger partial charge is 0.214 e. The van der Waals surface area contributed by atoms with E-state index in [2.05, 4.69) is 25.1 Å². The molecule has 2 aliphatic rings. The van der Waals surface area contributed by atoms with Crippen LogP contribution < -0.4 is 4.72 Å². The second kappa shape index (κ2) is 6.21. The van der Waals surface area contributed by atoms with Crippen LogP contribution >= 0.6 is 11.3 Å². The molecule has 4 rings (SSSR count). The Labute approximate surface area is 145 Å². The van der Waals surface area contributed by atoms with Crippen molar-refractivity contribution in [2.75, 3.05) is 13.1 Å². The fourth-order valence-electron chi connectivity index (χ4n) is 3.15. The summed E-state index contributed by atoms with van der Waals surface area (Å²) in [6, 6.07) is 2.01. The van der Waals surface area contributed by atoms with Crippen molar-refractivity contribution in [3.63, 3.8) is 0 Å². The van der Waals surface area contributed by atoms with Gasteiger partial charge in [0.15, 0.2) is 0 Å². The molecule has 0 spiro atoms. The summed E-state index contributed by atoms with van der Waals surface area (Å²) in [5.41, 5.74) is 2.19. The lowest BCUT2D eigenvalue weighted by Crippen LogP contribution is -2.43. The first-order chi connectivity index (χ1) is 11.5. The lowest BCUT2D eigenvalue weighted by atomic mass is 10.2. The summed E-state index contributed by atoms with van der Waals surface area (Å²) < 4.78 is 28.9. The van der Waals surface area contributed by atoms with Crippen molar-refractivity contribution in [2.24, 2.45) is 0 Å². The first-order valence-corrected chi connectivity index (χ1v) is 10.6. The number of hydrogen-bond donors (Lipinski definition) is 1. The number of fused-ring (bicyclic) bond motifs is 1. The minimum atomic E-state index is -3.17. The molecular weight excluding hydrogens is 346 g/mol. The van der Waals surface area contributed by atoms with Crippen LogP contribution in [0.5, 0.6) is 0 Å². The molecule has 2 aromatic rings. The SMILES string of the molecule is Cc1nc(CN2Cc3ccnn3C(CNS(=O)(=O)C3CC3)C2)cs1. The Morgan fingerprint density at radius 3 is 2.96 bits per heavy atom. The van der Waals surface area contributed by atoms with E-state index < -0.39 is 10.0 Å². The van der Waals surface area contributed by atoms with E-state index in [1.165, 1.54) is 0 Å². The zero-order valence-corrected chi connectivity index (χ0v) is 15.2. The zero-order valence-electron chi connectivity index (χ0n) is 13.6. The Morgan fingerprint density at radius 2 is 2.25 bits per heavy atom. The van der Waals surface area contributed by atoms with Crippen molar-refractivity contribution in [3.05, 3.63) is 34.0 Å². The monoisotopic (exact) mass is 367 g/mol. The summed E-state index contributed by atoms with van der Waals surface area (Å²) >= 11 is 1.66. The van der Waals surface area contributed by atoms with Gasteiger partial charge in [-0.15, -0.1) is 11.3 Å². The number of nitrogens with one attached hydrogen (secondary N) is 1. The van der Waals surface area contributed by atoms with Crippen LogP contribution in [0.3, 0.4) is 0 Å². The van der Waals surface area contributed by atoms with Gasteiger partial charge >= 0.3 is 0 Å². The van der Waals surface area contributed by atoms with Gasteiger partial charge in [0.2, 0.25) is 10.0 Å². The van der Waals surface area contributed by atoms with Gasteiger partial charge in [0.25, 0.3) is 0 Å². The number of sulfonamides is 1. The van der Waals surface area contributed by atoms with Crippen LogP contribution in [0.4, 0.5) is 0 Å². The molecule has 1 aliphatic carbocycles. The van der Waals surface area contributed by atoms with Crippen LogP contribution in [-0.2, 0) is 23.1 Å². The van der Waals surface area contributed by atoms with E-state index in [0.717, 1.165) is 48.9 Å². The van der Waals surface area contributed by atoms with Crippen LogP contribution in [0.2, 0.25) is 0 Å². The molecule has 0 saturated heterocycles. The molecule has 1 N–H and O–H groups in total. The summed E-state index contributed by atoms with van der Waals surface area (Å²) in [6.07, 6.45) is 3.35.